The molecule has 130 valence electrons. The van der Waals surface area contributed by atoms with Gasteiger partial charge in [-0.3, -0.25) is 0 Å². The smallest absolute Gasteiger partial charge is 0.185 e. The van der Waals surface area contributed by atoms with Crippen LogP contribution in [0.3, 0.4) is 0 Å². The van der Waals surface area contributed by atoms with Crippen molar-refractivity contribution in [3.05, 3.63) is 23.2 Å². The molecule has 2 aliphatic rings. The summed E-state index contributed by atoms with van der Waals surface area (Å²) in [5, 5.41) is 11.8. The van der Waals surface area contributed by atoms with Crippen LogP contribution in [0.2, 0.25) is 0 Å². The Morgan fingerprint density at radius 3 is 2.75 bits per heavy atom. The number of nitrogens with zero attached hydrogens (tertiary/aromatic N) is 5. The Kier molecular flexibility index (Phi) is 4.54. The number of anilines is 1. The molecule has 1 N–H and O–H groups in total. The van der Waals surface area contributed by atoms with Gasteiger partial charge in [0, 0.05) is 43.2 Å². The third-order valence-electron chi connectivity index (χ3n) is 5.03. The van der Waals surface area contributed by atoms with Gasteiger partial charge in [-0.15, -0.1) is 11.3 Å². The summed E-state index contributed by atoms with van der Waals surface area (Å²) < 4.78 is 2.13. The van der Waals surface area contributed by atoms with Gasteiger partial charge in [0.25, 0.3) is 0 Å². The first-order valence-electron chi connectivity index (χ1n) is 9.06. The van der Waals surface area contributed by atoms with E-state index in [-0.39, 0.29) is 0 Å². The summed E-state index contributed by atoms with van der Waals surface area (Å²) in [6, 6.07) is 0.923. The van der Waals surface area contributed by atoms with Gasteiger partial charge in [-0.25, -0.2) is 14.6 Å². The van der Waals surface area contributed by atoms with Crippen molar-refractivity contribution in [3.63, 3.8) is 0 Å². The van der Waals surface area contributed by atoms with Crippen LogP contribution < -0.4 is 10.2 Å². The van der Waals surface area contributed by atoms with Gasteiger partial charge < -0.3 is 10.2 Å². The predicted octanol–water partition coefficient (Wildman–Crippen LogP) is 2.95. The highest BCUT2D eigenvalue weighted by molar-refractivity contribution is 7.13. The second-order valence-corrected chi connectivity index (χ2v) is 8.02. The Hall–Kier alpha value is -1.47. The molecule has 0 bridgehead atoms. The first-order valence-corrected chi connectivity index (χ1v) is 9.94. The number of hydrogen-bond acceptors (Lipinski definition) is 6. The summed E-state index contributed by atoms with van der Waals surface area (Å²) in [6.45, 7) is 7.51. The SMILES string of the molecule is CC(C)c1nc2n(n1)CCCC2NC1CCN(c2nccs2)CC1. The molecule has 1 saturated heterocycles. The molecule has 0 saturated carbocycles. The molecular weight excluding hydrogens is 320 g/mol. The molecule has 24 heavy (non-hydrogen) atoms. The third kappa shape index (κ3) is 3.19. The van der Waals surface area contributed by atoms with Crippen molar-refractivity contribution >= 4 is 16.5 Å². The van der Waals surface area contributed by atoms with Crippen LogP contribution in [0.25, 0.3) is 0 Å². The van der Waals surface area contributed by atoms with Gasteiger partial charge in [0.2, 0.25) is 0 Å². The molecule has 2 aliphatic heterocycles. The van der Waals surface area contributed by atoms with Crippen LogP contribution in [0.4, 0.5) is 5.13 Å². The average Bonchev–Trinajstić information content (AvgIpc) is 3.26. The fourth-order valence-corrected chi connectivity index (χ4v) is 4.36. The molecule has 0 radical (unpaired) electrons. The molecule has 0 spiro atoms. The second-order valence-electron chi connectivity index (χ2n) is 7.14. The lowest BCUT2D eigenvalue weighted by Crippen LogP contribution is -2.44. The minimum absolute atomic E-state index is 0.357. The second kappa shape index (κ2) is 6.80. The van der Waals surface area contributed by atoms with E-state index in [1.165, 1.54) is 25.7 Å². The number of thiazole rings is 1. The summed E-state index contributed by atoms with van der Waals surface area (Å²) in [5.74, 6) is 2.52. The molecule has 1 unspecified atom stereocenters. The van der Waals surface area contributed by atoms with Crippen molar-refractivity contribution < 1.29 is 0 Å². The van der Waals surface area contributed by atoms with E-state index in [1.54, 1.807) is 11.3 Å². The quantitative estimate of drug-likeness (QED) is 0.922. The topological polar surface area (TPSA) is 58.9 Å². The summed E-state index contributed by atoms with van der Waals surface area (Å²) in [7, 11) is 0. The normalized spacial score (nSPS) is 22.1. The summed E-state index contributed by atoms with van der Waals surface area (Å²) in [5.41, 5.74) is 0. The third-order valence-corrected chi connectivity index (χ3v) is 5.86. The first kappa shape index (κ1) is 16.0. The van der Waals surface area contributed by atoms with Crippen molar-refractivity contribution in [3.8, 4) is 0 Å². The fourth-order valence-electron chi connectivity index (χ4n) is 3.67. The van der Waals surface area contributed by atoms with E-state index in [4.69, 9.17) is 4.98 Å². The fraction of sp³-hybridized carbons (Fsp3) is 0.706. The molecule has 0 aromatic carbocycles. The van der Waals surface area contributed by atoms with Crippen LogP contribution in [0.1, 0.15) is 63.1 Å². The summed E-state index contributed by atoms with van der Waals surface area (Å²) >= 11 is 1.74. The maximum absolute atomic E-state index is 4.82. The average molecular weight is 347 g/mol. The van der Waals surface area contributed by atoms with Gasteiger partial charge in [0.05, 0.1) is 6.04 Å². The maximum Gasteiger partial charge on any atom is 0.185 e. The lowest BCUT2D eigenvalue weighted by Gasteiger charge is -2.35. The van der Waals surface area contributed by atoms with E-state index in [9.17, 15) is 0 Å². The highest BCUT2D eigenvalue weighted by atomic mass is 32.1. The van der Waals surface area contributed by atoms with Crippen LogP contribution in [-0.4, -0.2) is 38.9 Å². The van der Waals surface area contributed by atoms with Crippen LogP contribution >= 0.6 is 11.3 Å². The van der Waals surface area contributed by atoms with Gasteiger partial charge >= 0.3 is 0 Å². The number of hydrogen-bond donors (Lipinski definition) is 1. The number of fused-ring (bicyclic) bond motifs is 1. The van der Waals surface area contributed by atoms with Gasteiger partial charge in [0.1, 0.15) is 5.82 Å². The molecule has 0 amide bonds. The van der Waals surface area contributed by atoms with Crippen molar-refractivity contribution in [2.75, 3.05) is 18.0 Å². The Morgan fingerprint density at radius 2 is 2.04 bits per heavy atom. The number of aromatic nitrogens is 4. The molecule has 0 aliphatic carbocycles. The van der Waals surface area contributed by atoms with E-state index in [0.29, 0.717) is 18.0 Å². The van der Waals surface area contributed by atoms with E-state index >= 15 is 0 Å². The van der Waals surface area contributed by atoms with E-state index < -0.39 is 0 Å². The first-order chi connectivity index (χ1) is 11.7. The number of aryl methyl sites for hydroxylation is 1. The van der Waals surface area contributed by atoms with Crippen molar-refractivity contribution in [1.29, 1.82) is 0 Å². The van der Waals surface area contributed by atoms with Gasteiger partial charge in [-0.2, -0.15) is 5.10 Å². The molecular formula is C17H26N6S. The van der Waals surface area contributed by atoms with Crippen molar-refractivity contribution in [2.24, 2.45) is 0 Å². The Bertz CT molecular complexity index is 657. The lowest BCUT2D eigenvalue weighted by atomic mass is 10.0. The Labute approximate surface area is 147 Å². The maximum atomic E-state index is 4.82. The number of nitrogens with one attached hydrogen (secondary N) is 1. The minimum atomic E-state index is 0.357. The Morgan fingerprint density at radius 1 is 1.21 bits per heavy atom. The van der Waals surface area contributed by atoms with Gasteiger partial charge in [-0.1, -0.05) is 13.8 Å². The molecule has 6 nitrogen and oxygen atoms in total. The zero-order valence-corrected chi connectivity index (χ0v) is 15.3. The standard InChI is InChI=1S/C17H26N6S/c1-12(2)15-20-16-14(4-3-8-23(16)21-15)19-13-5-9-22(10-6-13)17-18-7-11-24-17/h7,11-14,19H,3-6,8-10H2,1-2H3. The monoisotopic (exact) mass is 346 g/mol. The number of rotatable bonds is 4. The highest BCUT2D eigenvalue weighted by Gasteiger charge is 2.29. The number of piperidine rings is 1. The van der Waals surface area contributed by atoms with Crippen LogP contribution in [-0.2, 0) is 6.54 Å². The Balaban J connectivity index is 1.39. The van der Waals surface area contributed by atoms with Crippen LogP contribution in [0.15, 0.2) is 11.6 Å². The molecule has 2 aromatic heterocycles. The molecule has 7 heteroatoms. The molecule has 1 fully saturated rings. The van der Waals surface area contributed by atoms with E-state index in [2.05, 4.69) is 44.2 Å². The van der Waals surface area contributed by atoms with E-state index in [1.807, 2.05) is 6.20 Å². The highest BCUT2D eigenvalue weighted by Crippen LogP contribution is 2.28. The minimum Gasteiger partial charge on any atom is -0.348 e. The molecule has 1 atom stereocenters. The summed E-state index contributed by atoms with van der Waals surface area (Å²) in [4.78, 5) is 11.7. The van der Waals surface area contributed by atoms with Crippen LogP contribution in [0, 0.1) is 0 Å². The zero-order valence-electron chi connectivity index (χ0n) is 14.5. The van der Waals surface area contributed by atoms with Gasteiger partial charge in [-0.05, 0) is 25.7 Å². The zero-order chi connectivity index (χ0) is 16.5. The lowest BCUT2D eigenvalue weighted by molar-refractivity contribution is 0.307. The molecule has 4 heterocycles. The van der Waals surface area contributed by atoms with Crippen LogP contribution in [0.5, 0.6) is 0 Å². The largest absolute Gasteiger partial charge is 0.348 e. The summed E-state index contributed by atoms with van der Waals surface area (Å²) in [6.07, 6.45) is 6.58. The molecule has 4 rings (SSSR count). The van der Waals surface area contributed by atoms with Gasteiger partial charge in [0.15, 0.2) is 11.0 Å². The van der Waals surface area contributed by atoms with E-state index in [0.717, 1.165) is 36.4 Å². The van der Waals surface area contributed by atoms with Crippen molar-refractivity contribution in [1.82, 2.24) is 25.1 Å². The predicted molar refractivity (Wildman–Crippen MR) is 96.6 cm³/mol. The molecule has 2 aromatic rings. The van der Waals surface area contributed by atoms with Crippen molar-refractivity contribution in [2.45, 2.75) is 64.1 Å².